The van der Waals surface area contributed by atoms with Gasteiger partial charge in [-0.3, -0.25) is 0 Å². The molecular weight excluding hydrogens is 284 g/mol. The Kier molecular flexibility index (Phi) is 5.47. The summed E-state index contributed by atoms with van der Waals surface area (Å²) >= 11 is 0. The van der Waals surface area contributed by atoms with Crippen LogP contribution in [0.1, 0.15) is 19.8 Å². The van der Waals surface area contributed by atoms with Crippen LogP contribution < -0.4 is 19.8 Å². The van der Waals surface area contributed by atoms with Crippen molar-refractivity contribution in [2.24, 2.45) is 0 Å². The first kappa shape index (κ1) is 15.9. The normalized spacial score (nSPS) is 11.0. The van der Waals surface area contributed by atoms with Crippen LogP contribution in [0, 0.1) is 0 Å². The SMILES string of the molecule is CCC=CCCOc1c(OC)c(=O)oc2c(OC)cccc12. The zero-order valence-corrected chi connectivity index (χ0v) is 13.0. The Morgan fingerprint density at radius 3 is 2.64 bits per heavy atom. The monoisotopic (exact) mass is 304 g/mol. The molecule has 0 bridgehead atoms. The first-order valence-electron chi connectivity index (χ1n) is 7.18. The van der Waals surface area contributed by atoms with Crippen molar-refractivity contribution in [1.82, 2.24) is 0 Å². The Morgan fingerprint density at radius 2 is 1.95 bits per heavy atom. The Hall–Kier alpha value is -2.43. The molecule has 0 atom stereocenters. The minimum Gasteiger partial charge on any atom is -0.493 e. The quantitative estimate of drug-likeness (QED) is 0.445. The first-order chi connectivity index (χ1) is 10.7. The number of methoxy groups -OCH3 is 2. The van der Waals surface area contributed by atoms with Gasteiger partial charge < -0.3 is 18.6 Å². The van der Waals surface area contributed by atoms with Crippen LogP contribution in [0.25, 0.3) is 11.0 Å². The molecule has 0 aliphatic heterocycles. The molecule has 0 spiro atoms. The van der Waals surface area contributed by atoms with E-state index in [-0.39, 0.29) is 5.75 Å². The highest BCUT2D eigenvalue weighted by Crippen LogP contribution is 2.36. The molecule has 0 fully saturated rings. The van der Waals surface area contributed by atoms with E-state index in [0.29, 0.717) is 29.1 Å². The summed E-state index contributed by atoms with van der Waals surface area (Å²) in [4.78, 5) is 12.0. The van der Waals surface area contributed by atoms with E-state index >= 15 is 0 Å². The molecule has 2 rings (SSSR count). The fourth-order valence-corrected chi connectivity index (χ4v) is 2.15. The zero-order valence-electron chi connectivity index (χ0n) is 13.0. The summed E-state index contributed by atoms with van der Waals surface area (Å²) in [5, 5.41) is 0.648. The third-order valence-corrected chi connectivity index (χ3v) is 3.17. The summed E-state index contributed by atoms with van der Waals surface area (Å²) in [5.74, 6) is 0.936. The number of allylic oxidation sites excluding steroid dienone is 1. The number of fused-ring (bicyclic) bond motifs is 1. The van der Waals surface area contributed by atoms with Gasteiger partial charge in [0.2, 0.25) is 5.75 Å². The van der Waals surface area contributed by atoms with Crippen molar-refractivity contribution in [3.63, 3.8) is 0 Å². The number of benzene rings is 1. The molecular formula is C17H20O5. The van der Waals surface area contributed by atoms with Crippen LogP contribution >= 0.6 is 0 Å². The lowest BCUT2D eigenvalue weighted by molar-refractivity contribution is 0.293. The van der Waals surface area contributed by atoms with E-state index in [9.17, 15) is 4.79 Å². The van der Waals surface area contributed by atoms with Crippen molar-refractivity contribution in [3.05, 3.63) is 40.8 Å². The van der Waals surface area contributed by atoms with Gasteiger partial charge in [0, 0.05) is 0 Å². The third-order valence-electron chi connectivity index (χ3n) is 3.17. The molecule has 1 aromatic carbocycles. The molecule has 0 saturated carbocycles. The fraction of sp³-hybridized carbons (Fsp3) is 0.353. The van der Waals surface area contributed by atoms with Gasteiger partial charge in [0.05, 0.1) is 26.2 Å². The maximum absolute atomic E-state index is 12.0. The lowest BCUT2D eigenvalue weighted by atomic mass is 10.2. The standard InChI is InChI=1S/C17H20O5/c1-4-5-6-7-11-21-15-12-9-8-10-13(19-2)14(12)22-17(18)16(15)20-3/h5-6,8-10H,4,7,11H2,1-3H3. The average molecular weight is 304 g/mol. The maximum Gasteiger partial charge on any atom is 0.383 e. The van der Waals surface area contributed by atoms with Crippen molar-refractivity contribution in [1.29, 1.82) is 0 Å². The van der Waals surface area contributed by atoms with Crippen molar-refractivity contribution >= 4 is 11.0 Å². The summed E-state index contributed by atoms with van der Waals surface area (Å²) in [7, 11) is 2.94. The van der Waals surface area contributed by atoms with Gasteiger partial charge in [0.15, 0.2) is 17.1 Å². The average Bonchev–Trinajstić information content (AvgIpc) is 2.53. The number of para-hydroxylation sites is 1. The van der Waals surface area contributed by atoms with Gasteiger partial charge in [-0.05, 0) is 25.0 Å². The predicted molar refractivity (Wildman–Crippen MR) is 85.1 cm³/mol. The van der Waals surface area contributed by atoms with Gasteiger partial charge in [-0.25, -0.2) is 4.79 Å². The zero-order chi connectivity index (χ0) is 15.9. The molecule has 22 heavy (non-hydrogen) atoms. The summed E-state index contributed by atoms with van der Waals surface area (Å²) in [6.45, 7) is 2.52. The second-order valence-electron chi connectivity index (χ2n) is 4.61. The van der Waals surface area contributed by atoms with Crippen molar-refractivity contribution in [3.8, 4) is 17.2 Å². The molecule has 1 aromatic heterocycles. The minimum atomic E-state index is -0.585. The van der Waals surface area contributed by atoms with Gasteiger partial charge in [-0.15, -0.1) is 0 Å². The highest BCUT2D eigenvalue weighted by Gasteiger charge is 2.18. The lowest BCUT2D eigenvalue weighted by Gasteiger charge is -2.12. The van der Waals surface area contributed by atoms with Gasteiger partial charge in [-0.2, -0.15) is 0 Å². The molecule has 0 unspecified atom stereocenters. The predicted octanol–water partition coefficient (Wildman–Crippen LogP) is 3.55. The van der Waals surface area contributed by atoms with Crippen LogP contribution in [-0.4, -0.2) is 20.8 Å². The van der Waals surface area contributed by atoms with Crippen molar-refractivity contribution in [2.45, 2.75) is 19.8 Å². The molecule has 0 aliphatic carbocycles. The molecule has 0 saturated heterocycles. The molecule has 2 aromatic rings. The van der Waals surface area contributed by atoms with E-state index in [1.807, 2.05) is 12.1 Å². The minimum absolute atomic E-state index is 0.0697. The van der Waals surface area contributed by atoms with Gasteiger partial charge in [0.1, 0.15) is 0 Å². The van der Waals surface area contributed by atoms with E-state index in [2.05, 4.69) is 13.0 Å². The maximum atomic E-state index is 12.0. The van der Waals surface area contributed by atoms with Gasteiger partial charge >= 0.3 is 5.63 Å². The Labute approximate surface area is 129 Å². The van der Waals surface area contributed by atoms with Crippen LogP contribution in [0.3, 0.4) is 0 Å². The van der Waals surface area contributed by atoms with Crippen LogP contribution in [0.2, 0.25) is 0 Å². The first-order valence-corrected chi connectivity index (χ1v) is 7.18. The summed E-state index contributed by atoms with van der Waals surface area (Å²) in [5.41, 5.74) is -0.228. The Bertz CT molecular complexity index is 715. The molecule has 5 heteroatoms. The number of hydrogen-bond acceptors (Lipinski definition) is 5. The smallest absolute Gasteiger partial charge is 0.383 e. The molecule has 0 N–H and O–H groups in total. The number of ether oxygens (including phenoxy) is 3. The molecule has 0 aliphatic rings. The molecule has 5 nitrogen and oxygen atoms in total. The molecule has 118 valence electrons. The highest BCUT2D eigenvalue weighted by molar-refractivity contribution is 5.89. The van der Waals surface area contributed by atoms with Crippen molar-refractivity contribution in [2.75, 3.05) is 20.8 Å². The highest BCUT2D eigenvalue weighted by atomic mass is 16.5. The van der Waals surface area contributed by atoms with Crippen molar-refractivity contribution < 1.29 is 18.6 Å². The van der Waals surface area contributed by atoms with Crippen LogP contribution in [-0.2, 0) is 0 Å². The number of rotatable bonds is 7. The number of hydrogen-bond donors (Lipinski definition) is 0. The molecule has 0 radical (unpaired) electrons. The third kappa shape index (κ3) is 3.24. The van der Waals surface area contributed by atoms with E-state index in [1.54, 1.807) is 12.1 Å². The van der Waals surface area contributed by atoms with Crippen LogP contribution in [0.5, 0.6) is 17.2 Å². The van der Waals surface area contributed by atoms with Gasteiger partial charge in [-0.1, -0.05) is 25.1 Å². The second kappa shape index (κ2) is 7.54. The summed E-state index contributed by atoms with van der Waals surface area (Å²) < 4.78 is 21.4. The topological polar surface area (TPSA) is 57.9 Å². The van der Waals surface area contributed by atoms with Crippen LogP contribution in [0.15, 0.2) is 39.6 Å². The fourth-order valence-electron chi connectivity index (χ4n) is 2.15. The Morgan fingerprint density at radius 1 is 1.14 bits per heavy atom. The van der Waals surface area contributed by atoms with E-state index in [1.165, 1.54) is 14.2 Å². The second-order valence-corrected chi connectivity index (χ2v) is 4.61. The summed E-state index contributed by atoms with van der Waals surface area (Å²) in [6, 6.07) is 5.34. The summed E-state index contributed by atoms with van der Waals surface area (Å²) in [6.07, 6.45) is 5.85. The van der Waals surface area contributed by atoms with E-state index < -0.39 is 5.63 Å². The lowest BCUT2D eigenvalue weighted by Crippen LogP contribution is -2.09. The van der Waals surface area contributed by atoms with E-state index in [0.717, 1.165) is 12.8 Å². The molecule has 0 amide bonds. The van der Waals surface area contributed by atoms with E-state index in [4.69, 9.17) is 18.6 Å². The molecule has 1 heterocycles. The van der Waals surface area contributed by atoms with Crippen LogP contribution in [0.4, 0.5) is 0 Å². The van der Waals surface area contributed by atoms with Gasteiger partial charge in [0.25, 0.3) is 0 Å². The largest absolute Gasteiger partial charge is 0.493 e. The Balaban J connectivity index is 2.44.